The Morgan fingerprint density at radius 1 is 1.27 bits per heavy atom. The zero-order valence-corrected chi connectivity index (χ0v) is 10.2. The van der Waals surface area contributed by atoms with Gasteiger partial charge in [0.1, 0.15) is 0 Å². The van der Waals surface area contributed by atoms with Crippen LogP contribution >= 0.6 is 0 Å². The molecule has 0 amide bonds. The fourth-order valence-corrected chi connectivity index (χ4v) is 2.28. The van der Waals surface area contributed by atoms with Crippen LogP contribution in [0.4, 0.5) is 0 Å². The van der Waals surface area contributed by atoms with Crippen LogP contribution in [0.15, 0.2) is 5.16 Å². The maximum Gasteiger partial charge on any atom is 0.331 e. The smallest absolute Gasteiger partial charge is 0.319 e. The first-order chi connectivity index (χ1) is 6.70. The lowest BCUT2D eigenvalue weighted by Crippen LogP contribution is -2.58. The average Bonchev–Trinajstić information content (AvgIpc) is 1.94. The quantitative estimate of drug-likeness (QED) is 0.533. The van der Waals surface area contributed by atoms with Crippen molar-refractivity contribution in [2.75, 3.05) is 0 Å². The molecule has 0 spiro atoms. The molecule has 86 valence electrons. The summed E-state index contributed by atoms with van der Waals surface area (Å²) in [6, 6.07) is 0. The fraction of sp³-hybridized carbons (Fsp3) is 0.818. The standard InChI is InChI=1S/C11H20N2O2/c1-8(14)15-12-9-6-10(2,3)13-11(4,5)7-9/h13H,6-7H2,1-5H3. The molecule has 0 atom stereocenters. The Morgan fingerprint density at radius 2 is 1.73 bits per heavy atom. The van der Waals surface area contributed by atoms with Gasteiger partial charge in [-0.3, -0.25) is 0 Å². The van der Waals surface area contributed by atoms with Crippen LogP contribution in [0, 0.1) is 0 Å². The van der Waals surface area contributed by atoms with Crippen LogP contribution in [0.5, 0.6) is 0 Å². The number of nitrogens with zero attached hydrogens (tertiary/aromatic N) is 1. The van der Waals surface area contributed by atoms with E-state index in [-0.39, 0.29) is 17.0 Å². The number of hydrogen-bond donors (Lipinski definition) is 1. The van der Waals surface area contributed by atoms with Gasteiger partial charge >= 0.3 is 5.97 Å². The van der Waals surface area contributed by atoms with Crippen LogP contribution in [0.1, 0.15) is 47.5 Å². The van der Waals surface area contributed by atoms with Crippen molar-refractivity contribution in [3.8, 4) is 0 Å². The van der Waals surface area contributed by atoms with Gasteiger partial charge in [-0.05, 0) is 27.7 Å². The zero-order chi connectivity index (χ0) is 11.7. The van der Waals surface area contributed by atoms with Crippen molar-refractivity contribution in [1.29, 1.82) is 0 Å². The highest BCUT2D eigenvalue weighted by Crippen LogP contribution is 2.26. The molecule has 0 aromatic carbocycles. The molecule has 1 saturated heterocycles. The predicted molar refractivity (Wildman–Crippen MR) is 59.7 cm³/mol. The van der Waals surface area contributed by atoms with Gasteiger partial charge in [0.15, 0.2) is 0 Å². The summed E-state index contributed by atoms with van der Waals surface area (Å²) in [6.07, 6.45) is 1.62. The molecule has 1 rings (SSSR count). The molecule has 1 fully saturated rings. The molecule has 1 aliphatic heterocycles. The Labute approximate surface area is 91.1 Å². The molecule has 4 heteroatoms. The van der Waals surface area contributed by atoms with E-state index in [9.17, 15) is 4.79 Å². The van der Waals surface area contributed by atoms with Gasteiger partial charge in [0.25, 0.3) is 0 Å². The minimum absolute atomic E-state index is 0.000727. The number of carbonyl (C=O) groups excluding carboxylic acids is 1. The summed E-state index contributed by atoms with van der Waals surface area (Å²) < 4.78 is 0. The topological polar surface area (TPSA) is 50.7 Å². The Hall–Kier alpha value is -0.900. The molecule has 0 aliphatic carbocycles. The highest BCUT2D eigenvalue weighted by atomic mass is 16.7. The minimum Gasteiger partial charge on any atom is -0.319 e. The summed E-state index contributed by atoms with van der Waals surface area (Å²) in [6.45, 7) is 9.85. The van der Waals surface area contributed by atoms with Crippen molar-refractivity contribution in [2.45, 2.75) is 58.5 Å². The van der Waals surface area contributed by atoms with Crippen LogP contribution in [-0.2, 0) is 9.63 Å². The van der Waals surface area contributed by atoms with Crippen LogP contribution < -0.4 is 5.32 Å². The van der Waals surface area contributed by atoms with Gasteiger partial charge in [-0.15, -0.1) is 0 Å². The summed E-state index contributed by atoms with van der Waals surface area (Å²) in [5, 5.41) is 7.43. The SMILES string of the molecule is CC(=O)ON=C1CC(C)(C)NC(C)(C)C1. The van der Waals surface area contributed by atoms with E-state index in [0.29, 0.717) is 0 Å². The maximum atomic E-state index is 10.7. The normalized spacial score (nSPS) is 23.4. The second-order valence-electron chi connectivity index (χ2n) is 5.49. The molecule has 0 saturated carbocycles. The molecule has 0 aromatic rings. The van der Waals surface area contributed by atoms with Gasteiger partial charge in [0.05, 0.1) is 5.71 Å². The molecule has 1 aliphatic rings. The van der Waals surface area contributed by atoms with Gasteiger partial charge in [0, 0.05) is 30.8 Å². The lowest BCUT2D eigenvalue weighted by Gasteiger charge is -2.42. The molecule has 0 bridgehead atoms. The van der Waals surface area contributed by atoms with E-state index in [1.54, 1.807) is 0 Å². The number of hydrogen-bond acceptors (Lipinski definition) is 4. The van der Waals surface area contributed by atoms with E-state index in [2.05, 4.69) is 43.0 Å². The Bertz CT molecular complexity index is 275. The van der Waals surface area contributed by atoms with E-state index in [1.807, 2.05) is 0 Å². The van der Waals surface area contributed by atoms with Gasteiger partial charge in [0.2, 0.25) is 0 Å². The van der Waals surface area contributed by atoms with Crippen molar-refractivity contribution in [2.24, 2.45) is 5.16 Å². The number of nitrogens with one attached hydrogen (secondary N) is 1. The molecular formula is C11H20N2O2. The van der Waals surface area contributed by atoms with Gasteiger partial charge in [-0.2, -0.15) is 0 Å². The van der Waals surface area contributed by atoms with E-state index < -0.39 is 0 Å². The first kappa shape index (κ1) is 12.2. The molecule has 1 heterocycles. The second kappa shape index (κ2) is 3.93. The highest BCUT2D eigenvalue weighted by Gasteiger charge is 2.35. The third-order valence-electron chi connectivity index (χ3n) is 2.27. The van der Waals surface area contributed by atoms with Crippen LogP contribution in [-0.4, -0.2) is 22.8 Å². The summed E-state index contributed by atoms with van der Waals surface area (Å²) in [5.41, 5.74) is 0.945. The first-order valence-electron chi connectivity index (χ1n) is 5.23. The molecule has 1 N–H and O–H groups in total. The fourth-order valence-electron chi connectivity index (χ4n) is 2.28. The van der Waals surface area contributed by atoms with E-state index in [4.69, 9.17) is 0 Å². The minimum atomic E-state index is -0.364. The van der Waals surface area contributed by atoms with Crippen molar-refractivity contribution in [3.05, 3.63) is 0 Å². The van der Waals surface area contributed by atoms with Gasteiger partial charge < -0.3 is 10.2 Å². The van der Waals surface area contributed by atoms with Gasteiger partial charge in [-0.1, -0.05) is 5.16 Å². The largest absolute Gasteiger partial charge is 0.331 e. The van der Waals surface area contributed by atoms with E-state index in [1.165, 1.54) is 6.92 Å². The summed E-state index contributed by atoms with van der Waals surface area (Å²) in [5.74, 6) is -0.364. The van der Waals surface area contributed by atoms with Crippen molar-refractivity contribution >= 4 is 11.7 Å². The van der Waals surface area contributed by atoms with Crippen molar-refractivity contribution < 1.29 is 9.63 Å². The molecule has 0 radical (unpaired) electrons. The van der Waals surface area contributed by atoms with Crippen LogP contribution in [0.25, 0.3) is 0 Å². The lowest BCUT2D eigenvalue weighted by atomic mass is 9.81. The highest BCUT2D eigenvalue weighted by molar-refractivity contribution is 5.87. The number of piperidine rings is 1. The summed E-state index contributed by atoms with van der Waals surface area (Å²) >= 11 is 0. The third-order valence-corrected chi connectivity index (χ3v) is 2.27. The molecule has 0 unspecified atom stereocenters. The molecule has 0 aromatic heterocycles. The lowest BCUT2D eigenvalue weighted by molar-refractivity contribution is -0.141. The van der Waals surface area contributed by atoms with E-state index in [0.717, 1.165) is 18.6 Å². The summed E-state index contributed by atoms with van der Waals surface area (Å²) in [7, 11) is 0. The van der Waals surface area contributed by atoms with E-state index >= 15 is 0 Å². The molecular weight excluding hydrogens is 192 g/mol. The predicted octanol–water partition coefficient (Wildman–Crippen LogP) is 1.85. The molecule has 15 heavy (non-hydrogen) atoms. The zero-order valence-electron chi connectivity index (χ0n) is 10.2. The Balaban J connectivity index is 2.75. The number of rotatable bonds is 1. The summed E-state index contributed by atoms with van der Waals surface area (Å²) in [4.78, 5) is 15.4. The maximum absolute atomic E-state index is 10.7. The Morgan fingerprint density at radius 3 is 2.13 bits per heavy atom. The first-order valence-corrected chi connectivity index (χ1v) is 5.23. The molecule has 4 nitrogen and oxygen atoms in total. The number of carbonyl (C=O) groups is 1. The van der Waals surface area contributed by atoms with Crippen molar-refractivity contribution in [1.82, 2.24) is 5.32 Å². The Kier molecular flexibility index (Phi) is 3.19. The van der Waals surface area contributed by atoms with Crippen LogP contribution in [0.2, 0.25) is 0 Å². The monoisotopic (exact) mass is 212 g/mol. The van der Waals surface area contributed by atoms with Gasteiger partial charge in [-0.25, -0.2) is 4.79 Å². The number of oxime groups is 1. The van der Waals surface area contributed by atoms with Crippen molar-refractivity contribution in [3.63, 3.8) is 0 Å². The average molecular weight is 212 g/mol. The second-order valence-corrected chi connectivity index (χ2v) is 5.49. The van der Waals surface area contributed by atoms with Crippen LogP contribution in [0.3, 0.4) is 0 Å². The third kappa shape index (κ3) is 4.00.